The zero-order valence-electron chi connectivity index (χ0n) is 18.9. The van der Waals surface area contributed by atoms with Gasteiger partial charge in [0, 0.05) is 44.3 Å². The second kappa shape index (κ2) is 9.24. The largest absolute Gasteiger partial charge is 0.348 e. The topological polar surface area (TPSA) is 112 Å². The summed E-state index contributed by atoms with van der Waals surface area (Å²) >= 11 is 0. The smallest absolute Gasteiger partial charge is 0.313 e. The van der Waals surface area contributed by atoms with Gasteiger partial charge in [0.25, 0.3) is 5.91 Å². The molecule has 3 aliphatic rings. The van der Waals surface area contributed by atoms with E-state index in [1.807, 2.05) is 11.0 Å². The number of pyridine rings is 1. The van der Waals surface area contributed by atoms with Crippen molar-refractivity contribution in [2.45, 2.75) is 32.1 Å². The van der Waals surface area contributed by atoms with Crippen LogP contribution in [0.3, 0.4) is 0 Å². The highest BCUT2D eigenvalue weighted by Crippen LogP contribution is 2.38. The minimum Gasteiger partial charge on any atom is -0.348 e. The van der Waals surface area contributed by atoms with E-state index in [0.717, 1.165) is 49.0 Å². The van der Waals surface area contributed by atoms with E-state index in [9.17, 15) is 19.2 Å². The number of carbonyl (C=O) groups is 4. The van der Waals surface area contributed by atoms with Gasteiger partial charge < -0.3 is 20.4 Å². The molecule has 4 heterocycles. The number of carbonyl (C=O) groups excluding carboxylic acids is 4. The number of hydrogen-bond acceptors (Lipinski definition) is 5. The zero-order chi connectivity index (χ0) is 23.7. The monoisotopic (exact) mass is 461 g/mol. The number of rotatable bonds is 4. The van der Waals surface area contributed by atoms with E-state index in [-0.39, 0.29) is 17.7 Å². The Morgan fingerprint density at radius 1 is 1.06 bits per heavy atom. The van der Waals surface area contributed by atoms with Crippen LogP contribution < -0.4 is 15.5 Å². The highest BCUT2D eigenvalue weighted by atomic mass is 16.2. The zero-order valence-corrected chi connectivity index (χ0v) is 18.9. The first-order valence-corrected chi connectivity index (χ1v) is 11.7. The fourth-order valence-electron chi connectivity index (χ4n) is 5.07. The molecule has 34 heavy (non-hydrogen) atoms. The normalized spacial score (nSPS) is 17.4. The minimum absolute atomic E-state index is 0.0341. The summed E-state index contributed by atoms with van der Waals surface area (Å²) in [7, 11) is 0. The van der Waals surface area contributed by atoms with Gasteiger partial charge in [0.05, 0.1) is 17.7 Å². The molecule has 5 rings (SSSR count). The molecule has 2 aromatic rings. The third-order valence-corrected chi connectivity index (χ3v) is 6.83. The van der Waals surface area contributed by atoms with Crippen molar-refractivity contribution in [3.63, 3.8) is 0 Å². The molecule has 9 nitrogen and oxygen atoms in total. The Hall–Kier alpha value is -3.75. The fourth-order valence-corrected chi connectivity index (χ4v) is 5.07. The molecule has 0 spiro atoms. The van der Waals surface area contributed by atoms with Crippen molar-refractivity contribution in [1.29, 1.82) is 0 Å². The van der Waals surface area contributed by atoms with Crippen molar-refractivity contribution in [3.05, 3.63) is 53.3 Å². The van der Waals surface area contributed by atoms with Gasteiger partial charge in [-0.15, -0.1) is 0 Å². The highest BCUT2D eigenvalue weighted by Gasteiger charge is 2.32. The van der Waals surface area contributed by atoms with Crippen molar-refractivity contribution in [1.82, 2.24) is 15.2 Å². The van der Waals surface area contributed by atoms with Crippen LogP contribution >= 0.6 is 0 Å². The van der Waals surface area contributed by atoms with Gasteiger partial charge in [-0.25, -0.2) is 0 Å². The molecule has 1 fully saturated rings. The average molecular weight is 462 g/mol. The first-order chi connectivity index (χ1) is 16.5. The number of benzene rings is 1. The van der Waals surface area contributed by atoms with Crippen LogP contribution in [0.4, 0.5) is 11.4 Å². The van der Waals surface area contributed by atoms with Gasteiger partial charge in [0.15, 0.2) is 0 Å². The lowest BCUT2D eigenvalue weighted by molar-refractivity contribution is -0.136. The number of nitrogens with one attached hydrogen (secondary N) is 2. The summed E-state index contributed by atoms with van der Waals surface area (Å²) in [5.41, 5.74) is 4.05. The number of nitrogens with zero attached hydrogens (tertiary/aromatic N) is 3. The maximum atomic E-state index is 12.5. The summed E-state index contributed by atoms with van der Waals surface area (Å²) in [6, 6.07) is 7.16. The molecule has 0 unspecified atom stereocenters. The van der Waals surface area contributed by atoms with Gasteiger partial charge in [-0.2, -0.15) is 0 Å². The van der Waals surface area contributed by atoms with Crippen LogP contribution in [-0.4, -0.2) is 59.7 Å². The molecular formula is C25H27N5O4. The lowest BCUT2D eigenvalue weighted by Gasteiger charge is -2.32. The van der Waals surface area contributed by atoms with Gasteiger partial charge in [-0.1, -0.05) is 0 Å². The summed E-state index contributed by atoms with van der Waals surface area (Å²) in [5, 5.41) is 5.42. The highest BCUT2D eigenvalue weighted by molar-refractivity contribution is 6.39. The first-order valence-electron chi connectivity index (χ1n) is 11.7. The van der Waals surface area contributed by atoms with Crippen LogP contribution in [0, 0.1) is 5.92 Å². The third-order valence-electron chi connectivity index (χ3n) is 6.83. The van der Waals surface area contributed by atoms with Crippen LogP contribution in [0.1, 0.15) is 40.7 Å². The van der Waals surface area contributed by atoms with Gasteiger partial charge in [0.2, 0.25) is 5.91 Å². The van der Waals surface area contributed by atoms with E-state index in [1.54, 1.807) is 35.5 Å². The Bertz CT molecular complexity index is 1140. The molecule has 0 radical (unpaired) electrons. The number of aryl methyl sites for hydroxylation is 1. The summed E-state index contributed by atoms with van der Waals surface area (Å²) in [6.07, 6.45) is 6.79. The predicted octanol–water partition coefficient (Wildman–Crippen LogP) is 1.52. The van der Waals surface area contributed by atoms with E-state index >= 15 is 0 Å². The van der Waals surface area contributed by atoms with E-state index in [1.165, 1.54) is 0 Å². The Labute approximate surface area is 197 Å². The molecule has 9 heteroatoms. The molecule has 1 saturated heterocycles. The van der Waals surface area contributed by atoms with Crippen LogP contribution in [0.2, 0.25) is 0 Å². The quantitative estimate of drug-likeness (QED) is 0.671. The molecule has 2 N–H and O–H groups in total. The summed E-state index contributed by atoms with van der Waals surface area (Å²) in [5.74, 6) is -1.14. The molecular weight excluding hydrogens is 434 g/mol. The number of anilines is 2. The first kappa shape index (κ1) is 22.1. The third kappa shape index (κ3) is 4.37. The molecule has 0 aliphatic carbocycles. The fraction of sp³-hybridized carbons (Fsp3) is 0.400. The molecule has 3 aliphatic heterocycles. The molecule has 176 valence electrons. The van der Waals surface area contributed by atoms with Crippen LogP contribution in [0.5, 0.6) is 0 Å². The van der Waals surface area contributed by atoms with Crippen molar-refractivity contribution in [2.24, 2.45) is 5.92 Å². The van der Waals surface area contributed by atoms with Crippen LogP contribution in [0.25, 0.3) is 0 Å². The summed E-state index contributed by atoms with van der Waals surface area (Å²) in [4.78, 5) is 57.2. The maximum Gasteiger partial charge on any atom is 0.313 e. The maximum absolute atomic E-state index is 12.5. The Kier molecular flexibility index (Phi) is 6.00. The summed E-state index contributed by atoms with van der Waals surface area (Å²) < 4.78 is 0. The van der Waals surface area contributed by atoms with E-state index in [0.29, 0.717) is 37.3 Å². The Balaban J connectivity index is 1.11. The van der Waals surface area contributed by atoms with E-state index in [4.69, 9.17) is 0 Å². The molecule has 1 aromatic heterocycles. The minimum atomic E-state index is -0.715. The standard InChI is InChI=1S/C25H27N5O4/c31-21-13-19-12-20(11-17-4-2-8-30(21)22(17)19)28-24(33)23(32)27-14-16-5-9-29(10-6-16)25(34)18-3-1-7-26-15-18/h1,3,7,11-12,15-16H,2,4-6,8-10,13-14H2,(H,27,32)(H,28,33). The van der Waals surface area contributed by atoms with Gasteiger partial charge in [-0.3, -0.25) is 24.2 Å². The number of likely N-dealkylation sites (tertiary alicyclic amines) is 1. The molecule has 4 amide bonds. The Morgan fingerprint density at radius 3 is 2.62 bits per heavy atom. The van der Waals surface area contributed by atoms with Crippen molar-refractivity contribution < 1.29 is 19.2 Å². The van der Waals surface area contributed by atoms with Gasteiger partial charge in [-0.05, 0) is 67.0 Å². The molecule has 0 bridgehead atoms. The van der Waals surface area contributed by atoms with Crippen molar-refractivity contribution in [3.8, 4) is 0 Å². The van der Waals surface area contributed by atoms with E-state index < -0.39 is 11.8 Å². The Morgan fingerprint density at radius 2 is 1.85 bits per heavy atom. The van der Waals surface area contributed by atoms with Gasteiger partial charge >= 0.3 is 11.8 Å². The second-order valence-electron chi connectivity index (χ2n) is 9.11. The molecule has 0 atom stereocenters. The number of amides is 4. The SMILES string of the molecule is O=C(NCC1CCN(C(=O)c2cccnc2)CC1)C(=O)Nc1cc2c3c(c1)CC(=O)N3CCC2. The van der Waals surface area contributed by atoms with Crippen molar-refractivity contribution >= 4 is 35.0 Å². The van der Waals surface area contributed by atoms with E-state index in [2.05, 4.69) is 15.6 Å². The lowest BCUT2D eigenvalue weighted by Crippen LogP contribution is -2.43. The number of piperidine rings is 1. The number of hydrogen-bond donors (Lipinski definition) is 2. The van der Waals surface area contributed by atoms with Crippen molar-refractivity contribution in [2.75, 3.05) is 36.4 Å². The van der Waals surface area contributed by atoms with Crippen LogP contribution in [-0.2, 0) is 27.2 Å². The number of aromatic nitrogens is 1. The lowest BCUT2D eigenvalue weighted by atomic mass is 9.96. The molecule has 1 aromatic carbocycles. The predicted molar refractivity (Wildman–Crippen MR) is 125 cm³/mol. The second-order valence-corrected chi connectivity index (χ2v) is 9.11. The van der Waals surface area contributed by atoms with Crippen LogP contribution in [0.15, 0.2) is 36.7 Å². The average Bonchev–Trinajstić information content (AvgIpc) is 3.19. The summed E-state index contributed by atoms with van der Waals surface area (Å²) in [6.45, 7) is 2.34. The molecule has 0 saturated carbocycles. The van der Waals surface area contributed by atoms with Gasteiger partial charge in [0.1, 0.15) is 0 Å².